The lowest BCUT2D eigenvalue weighted by Gasteiger charge is -2.33. The van der Waals surface area contributed by atoms with Gasteiger partial charge in [-0.15, -0.1) is 0 Å². The van der Waals surface area contributed by atoms with Crippen molar-refractivity contribution in [3.05, 3.63) is 59.2 Å². The lowest BCUT2D eigenvalue weighted by Crippen LogP contribution is -2.52. The zero-order chi connectivity index (χ0) is 29.7. The molecular weight excluding hydrogens is 554 g/mol. The van der Waals surface area contributed by atoms with Gasteiger partial charge < -0.3 is 10.2 Å². The maximum Gasteiger partial charge on any atom is 0.389 e. The number of alkyl halides is 6. The minimum atomic E-state index is -4.70. The van der Waals surface area contributed by atoms with Gasteiger partial charge in [0.2, 0.25) is 18.0 Å². The number of benzene rings is 2. The molecule has 0 aliphatic carbocycles. The quantitative estimate of drug-likeness (QED) is 0.376. The van der Waals surface area contributed by atoms with Gasteiger partial charge in [-0.05, 0) is 31.9 Å². The molecule has 1 fully saturated rings. The van der Waals surface area contributed by atoms with E-state index in [1.165, 1.54) is 4.90 Å². The first kappa shape index (κ1) is 28.6. The fraction of sp³-hybridized carbons (Fsp3) is 0.429. The third kappa shape index (κ3) is 5.66. The van der Waals surface area contributed by atoms with Crippen molar-refractivity contribution in [3.8, 4) is 0 Å². The number of rotatable bonds is 6. The smallest absolute Gasteiger partial charge is 0.382 e. The van der Waals surface area contributed by atoms with Crippen LogP contribution < -0.4 is 10.2 Å². The number of anilines is 2. The average molecular weight is 581 g/mol. The summed E-state index contributed by atoms with van der Waals surface area (Å²) in [6, 6.07) is 12.3. The summed E-state index contributed by atoms with van der Waals surface area (Å²) in [5.41, 5.74) is 3.27. The van der Waals surface area contributed by atoms with Gasteiger partial charge in [-0.2, -0.15) is 26.3 Å². The van der Waals surface area contributed by atoms with E-state index < -0.39 is 73.8 Å². The van der Waals surface area contributed by atoms with Gasteiger partial charge in [-0.3, -0.25) is 14.4 Å². The largest absolute Gasteiger partial charge is 0.389 e. The number of likely N-dealkylation sites (tertiary alicyclic amines) is 1. The van der Waals surface area contributed by atoms with E-state index in [1.54, 1.807) is 36.4 Å². The number of hydrogen-bond acceptors (Lipinski definition) is 5. The van der Waals surface area contributed by atoms with Gasteiger partial charge in [0.15, 0.2) is 0 Å². The second-order valence-electron chi connectivity index (χ2n) is 10.4. The Morgan fingerprint density at radius 1 is 0.878 bits per heavy atom. The van der Waals surface area contributed by atoms with Crippen molar-refractivity contribution in [1.29, 1.82) is 0 Å². The predicted molar refractivity (Wildman–Crippen MR) is 137 cm³/mol. The Labute approximate surface area is 231 Å². The third-order valence-electron chi connectivity index (χ3n) is 7.56. The Balaban J connectivity index is 1.62. The SMILES string of the molecule is Cc1cccc(C2=N[C@@H](N3C(=O)[C@@H](CCC(F)(F)F)[C@@H](CCC(F)(F)F)C3=O)C(=O)N3CCNc4cccc2c43)c1. The molecule has 0 aromatic heterocycles. The number of carbonyl (C=O) groups excluding carboxylic acids is 3. The Morgan fingerprint density at radius 3 is 2.07 bits per heavy atom. The van der Waals surface area contributed by atoms with Crippen LogP contribution in [0.25, 0.3) is 0 Å². The molecule has 0 spiro atoms. The van der Waals surface area contributed by atoms with E-state index in [0.29, 0.717) is 33.9 Å². The van der Waals surface area contributed by atoms with Gasteiger partial charge in [0.25, 0.3) is 5.91 Å². The molecule has 0 saturated carbocycles. The van der Waals surface area contributed by atoms with Crippen LogP contribution in [0.5, 0.6) is 0 Å². The molecule has 3 amide bonds. The number of nitrogens with one attached hydrogen (secondary N) is 1. The first-order valence-corrected chi connectivity index (χ1v) is 13.1. The molecule has 2 aromatic carbocycles. The first-order valence-electron chi connectivity index (χ1n) is 13.1. The molecule has 0 unspecified atom stereocenters. The van der Waals surface area contributed by atoms with E-state index >= 15 is 0 Å². The maximum absolute atomic E-state index is 14.0. The molecule has 41 heavy (non-hydrogen) atoms. The standard InChI is InChI=1S/C28H26F6N4O3/c1-15-4-2-5-16(14-15)21-19-6-3-7-20-22(19)37(13-12-35-20)26(41)23(36-21)38-24(39)17(8-10-27(29,30)31)18(25(38)40)9-11-28(32,33)34/h2-7,14,17-18,23,35H,8-13H2,1H3/t17-,18+,23-/m0/s1. The molecule has 1 saturated heterocycles. The van der Waals surface area contributed by atoms with Gasteiger partial charge in [-0.1, -0.05) is 35.9 Å². The molecule has 2 aromatic rings. The normalized spacial score (nSPS) is 22.9. The van der Waals surface area contributed by atoms with E-state index in [4.69, 9.17) is 0 Å². The van der Waals surface area contributed by atoms with E-state index in [9.17, 15) is 40.7 Å². The van der Waals surface area contributed by atoms with Crippen molar-refractivity contribution in [2.75, 3.05) is 23.3 Å². The number of hydrogen-bond donors (Lipinski definition) is 1. The van der Waals surface area contributed by atoms with Crippen LogP contribution in [0.2, 0.25) is 0 Å². The number of imide groups is 1. The highest BCUT2D eigenvalue weighted by molar-refractivity contribution is 6.23. The molecule has 5 rings (SSSR count). The molecule has 3 aliphatic heterocycles. The number of aliphatic imine (C=N–C) groups is 1. The van der Waals surface area contributed by atoms with Crippen LogP contribution in [0.4, 0.5) is 37.7 Å². The molecule has 0 bridgehead atoms. The van der Waals surface area contributed by atoms with Crippen LogP contribution in [0, 0.1) is 18.8 Å². The number of para-hydroxylation sites is 1. The molecule has 3 atom stereocenters. The van der Waals surface area contributed by atoms with Gasteiger partial charge in [0, 0.05) is 37.1 Å². The van der Waals surface area contributed by atoms with Crippen molar-refractivity contribution in [2.45, 2.75) is 51.1 Å². The van der Waals surface area contributed by atoms with E-state index in [0.717, 1.165) is 5.56 Å². The maximum atomic E-state index is 14.0. The average Bonchev–Trinajstić information content (AvgIpc) is 3.05. The topological polar surface area (TPSA) is 82.1 Å². The van der Waals surface area contributed by atoms with Crippen LogP contribution in [0.1, 0.15) is 42.4 Å². The highest BCUT2D eigenvalue weighted by atomic mass is 19.4. The zero-order valence-electron chi connectivity index (χ0n) is 21.9. The van der Waals surface area contributed by atoms with Crippen molar-refractivity contribution in [3.63, 3.8) is 0 Å². The van der Waals surface area contributed by atoms with E-state index in [1.807, 2.05) is 13.0 Å². The summed E-state index contributed by atoms with van der Waals surface area (Å²) < 4.78 is 78.5. The second-order valence-corrected chi connectivity index (χ2v) is 10.4. The first-order chi connectivity index (χ1) is 19.2. The molecule has 3 heterocycles. The lowest BCUT2D eigenvalue weighted by molar-refractivity contribution is -0.148. The number of aryl methyl sites for hydroxylation is 1. The van der Waals surface area contributed by atoms with Crippen LogP contribution in [0.3, 0.4) is 0 Å². The Bertz CT molecular complexity index is 1380. The van der Waals surface area contributed by atoms with Crippen molar-refractivity contribution in [2.24, 2.45) is 16.8 Å². The molecule has 1 N–H and O–H groups in total. The highest BCUT2D eigenvalue weighted by Crippen LogP contribution is 2.42. The van der Waals surface area contributed by atoms with Crippen LogP contribution in [-0.2, 0) is 14.4 Å². The Morgan fingerprint density at radius 2 is 1.49 bits per heavy atom. The molecular formula is C28H26F6N4O3. The predicted octanol–water partition coefficient (Wildman–Crippen LogP) is 5.22. The summed E-state index contributed by atoms with van der Waals surface area (Å²) >= 11 is 0. The summed E-state index contributed by atoms with van der Waals surface area (Å²) in [6.45, 7) is 2.31. The van der Waals surface area contributed by atoms with Gasteiger partial charge in [0.1, 0.15) is 0 Å². The minimum Gasteiger partial charge on any atom is -0.382 e. The monoisotopic (exact) mass is 580 g/mol. The fourth-order valence-electron chi connectivity index (χ4n) is 5.72. The van der Waals surface area contributed by atoms with Crippen molar-refractivity contribution < 1.29 is 40.7 Å². The van der Waals surface area contributed by atoms with Gasteiger partial charge >= 0.3 is 12.4 Å². The Kier molecular flexibility index (Phi) is 7.33. The number of carbonyl (C=O) groups is 3. The number of halogens is 6. The molecule has 0 radical (unpaired) electrons. The third-order valence-corrected chi connectivity index (χ3v) is 7.56. The molecule has 7 nitrogen and oxygen atoms in total. The minimum absolute atomic E-state index is 0.140. The summed E-state index contributed by atoms with van der Waals surface area (Å²) in [4.78, 5) is 47.6. The molecule has 3 aliphatic rings. The van der Waals surface area contributed by atoms with Crippen LogP contribution in [0.15, 0.2) is 47.5 Å². The Hall–Kier alpha value is -3.90. The van der Waals surface area contributed by atoms with Gasteiger partial charge in [-0.25, -0.2) is 9.89 Å². The van der Waals surface area contributed by atoms with E-state index in [2.05, 4.69) is 10.3 Å². The number of nitrogens with zero attached hydrogens (tertiary/aromatic N) is 3. The second kappa shape index (κ2) is 10.5. The highest BCUT2D eigenvalue weighted by Gasteiger charge is 2.54. The lowest BCUT2D eigenvalue weighted by atomic mass is 9.87. The summed E-state index contributed by atoms with van der Waals surface area (Å²) in [6.07, 6.45) is -15.9. The van der Waals surface area contributed by atoms with Crippen LogP contribution in [-0.4, -0.2) is 59.9 Å². The molecule has 218 valence electrons. The zero-order valence-corrected chi connectivity index (χ0v) is 21.9. The number of amides is 3. The van der Waals surface area contributed by atoms with Crippen LogP contribution >= 0.6 is 0 Å². The fourth-order valence-corrected chi connectivity index (χ4v) is 5.72. The summed E-state index contributed by atoms with van der Waals surface area (Å²) in [7, 11) is 0. The summed E-state index contributed by atoms with van der Waals surface area (Å²) in [5.74, 6) is -6.35. The van der Waals surface area contributed by atoms with E-state index in [-0.39, 0.29) is 12.3 Å². The van der Waals surface area contributed by atoms with Gasteiger partial charge in [0.05, 0.1) is 28.9 Å². The summed E-state index contributed by atoms with van der Waals surface area (Å²) in [5, 5.41) is 3.20. The van der Waals surface area contributed by atoms with Crippen molar-refractivity contribution in [1.82, 2.24) is 4.90 Å². The molecule has 13 heteroatoms. The van der Waals surface area contributed by atoms with Crippen molar-refractivity contribution >= 4 is 34.8 Å².